The van der Waals surface area contributed by atoms with Crippen molar-refractivity contribution in [2.45, 2.75) is 44.2 Å². The molecule has 0 saturated carbocycles. The van der Waals surface area contributed by atoms with E-state index in [0.29, 0.717) is 20.6 Å². The first-order chi connectivity index (χ1) is 10.9. The maximum absolute atomic E-state index is 9.57. The van der Waals surface area contributed by atoms with Crippen molar-refractivity contribution in [3.63, 3.8) is 0 Å². The molecule has 124 valence electrons. The van der Waals surface area contributed by atoms with Crippen LogP contribution in [0.2, 0.25) is 0 Å². The van der Waals surface area contributed by atoms with Gasteiger partial charge in [-0.1, -0.05) is 0 Å². The molecule has 0 aliphatic carbocycles. The van der Waals surface area contributed by atoms with Gasteiger partial charge >= 0.3 is 0 Å². The van der Waals surface area contributed by atoms with Crippen LogP contribution in [0.5, 0.6) is 0 Å². The monoisotopic (exact) mass is 433 g/mol. The minimum atomic E-state index is -0.741. The second-order valence-corrected chi connectivity index (χ2v) is 7.03. The van der Waals surface area contributed by atoms with Crippen LogP contribution in [0.25, 0.3) is 11.0 Å². The summed E-state index contributed by atoms with van der Waals surface area (Å²) in [6, 6.07) is 0. The summed E-state index contributed by atoms with van der Waals surface area (Å²) in [7, 11) is 0. The lowest BCUT2D eigenvalue weighted by Crippen LogP contribution is -2.31. The zero-order valence-electron chi connectivity index (χ0n) is 12.5. The highest BCUT2D eigenvalue weighted by molar-refractivity contribution is 14.1. The van der Waals surface area contributed by atoms with Crippen LogP contribution in [0.1, 0.15) is 20.1 Å². The molecule has 0 bridgehead atoms. The Kier molecular flexibility index (Phi) is 3.50. The van der Waals surface area contributed by atoms with Gasteiger partial charge < -0.3 is 25.1 Å². The molecule has 23 heavy (non-hydrogen) atoms. The number of hydrogen-bond acceptors (Lipinski definition) is 8. The Hall–Kier alpha value is -1.08. The molecule has 2 aliphatic heterocycles. The van der Waals surface area contributed by atoms with Gasteiger partial charge in [0, 0.05) is 0 Å². The van der Waals surface area contributed by atoms with E-state index in [-0.39, 0.29) is 12.7 Å². The fourth-order valence-corrected chi connectivity index (χ4v) is 3.88. The molecule has 3 N–H and O–H groups in total. The molecular weight excluding hydrogens is 417 g/mol. The number of anilines is 1. The Balaban J connectivity index is 1.81. The first kappa shape index (κ1) is 15.4. The minimum absolute atomic E-state index is 0.162. The van der Waals surface area contributed by atoms with Crippen molar-refractivity contribution in [2.24, 2.45) is 0 Å². The van der Waals surface area contributed by atoms with Gasteiger partial charge in [0.05, 0.1) is 12.0 Å². The van der Waals surface area contributed by atoms with Gasteiger partial charge in [0.1, 0.15) is 34.2 Å². The van der Waals surface area contributed by atoms with Crippen molar-refractivity contribution >= 4 is 39.4 Å². The summed E-state index contributed by atoms with van der Waals surface area (Å²) in [6.45, 7) is 3.51. The van der Waals surface area contributed by atoms with E-state index < -0.39 is 24.2 Å². The zero-order valence-corrected chi connectivity index (χ0v) is 14.7. The number of aliphatic hydroxyl groups excluding tert-OH is 1. The lowest BCUT2D eigenvalue weighted by molar-refractivity contribution is -0.201. The van der Waals surface area contributed by atoms with Crippen molar-refractivity contribution < 1.29 is 19.3 Å². The molecule has 0 unspecified atom stereocenters. The second-order valence-electron chi connectivity index (χ2n) is 6.01. The molecule has 2 saturated heterocycles. The Morgan fingerprint density at radius 3 is 2.83 bits per heavy atom. The van der Waals surface area contributed by atoms with Crippen LogP contribution in [0.3, 0.4) is 0 Å². The number of nitrogen functional groups attached to an aromatic ring is 1. The van der Waals surface area contributed by atoms with Crippen LogP contribution in [-0.2, 0) is 14.2 Å². The van der Waals surface area contributed by atoms with Gasteiger partial charge in [-0.25, -0.2) is 14.6 Å². The number of nitrogens with two attached hydrogens (primary N) is 1. The molecule has 0 spiro atoms. The Labute approximate surface area is 145 Å². The fraction of sp³-hybridized carbons (Fsp3) is 0.615. The normalized spacial score (nSPS) is 32.5. The molecule has 4 heterocycles. The third-order valence-corrected chi connectivity index (χ3v) is 4.78. The molecule has 2 aromatic heterocycles. The maximum atomic E-state index is 9.57. The average Bonchev–Trinajstić information content (AvgIpc) is 3.08. The number of ether oxygens (including phenoxy) is 3. The summed E-state index contributed by atoms with van der Waals surface area (Å²) in [5, 5.41) is 14.7. The van der Waals surface area contributed by atoms with E-state index in [1.807, 2.05) is 13.8 Å². The number of nitrogens with zero attached hydrogens (tertiary/aromatic N) is 4. The van der Waals surface area contributed by atoms with Gasteiger partial charge in [-0.05, 0) is 36.4 Å². The van der Waals surface area contributed by atoms with E-state index in [0.717, 1.165) is 0 Å². The van der Waals surface area contributed by atoms with Crippen LogP contribution in [0, 0.1) is 3.70 Å². The van der Waals surface area contributed by atoms with Gasteiger partial charge in [-0.2, -0.15) is 5.10 Å². The van der Waals surface area contributed by atoms with Crippen molar-refractivity contribution in [3.8, 4) is 0 Å². The topological polar surface area (TPSA) is 118 Å². The molecular formula is C13H16IN5O4. The van der Waals surface area contributed by atoms with Crippen molar-refractivity contribution in [1.82, 2.24) is 19.7 Å². The van der Waals surface area contributed by atoms with Gasteiger partial charge in [-0.15, -0.1) is 0 Å². The molecule has 0 radical (unpaired) electrons. The number of aromatic nitrogens is 4. The number of halogens is 1. The van der Waals surface area contributed by atoms with E-state index in [2.05, 4.69) is 37.7 Å². The van der Waals surface area contributed by atoms with E-state index in [4.69, 9.17) is 19.9 Å². The van der Waals surface area contributed by atoms with E-state index in [1.165, 1.54) is 6.33 Å². The molecule has 10 heteroatoms. The fourth-order valence-electron chi connectivity index (χ4n) is 3.13. The third kappa shape index (κ3) is 2.31. The average molecular weight is 433 g/mol. The highest BCUT2D eigenvalue weighted by Crippen LogP contribution is 2.43. The summed E-state index contributed by atoms with van der Waals surface area (Å²) < 4.78 is 20.1. The highest BCUT2D eigenvalue weighted by atomic mass is 127. The predicted molar refractivity (Wildman–Crippen MR) is 87.3 cm³/mol. The van der Waals surface area contributed by atoms with Crippen LogP contribution in [0.4, 0.5) is 5.82 Å². The molecule has 4 atom stereocenters. The zero-order chi connectivity index (χ0) is 16.4. The lowest BCUT2D eigenvalue weighted by atomic mass is 10.1. The first-order valence-electron chi connectivity index (χ1n) is 7.17. The molecule has 9 nitrogen and oxygen atoms in total. The lowest BCUT2D eigenvalue weighted by Gasteiger charge is -2.23. The maximum Gasteiger partial charge on any atom is 0.181 e. The van der Waals surface area contributed by atoms with E-state index >= 15 is 0 Å². The van der Waals surface area contributed by atoms with Crippen LogP contribution in [0.15, 0.2) is 6.33 Å². The van der Waals surface area contributed by atoms with E-state index in [1.54, 1.807) is 4.68 Å². The SMILES string of the molecule is CC1(C)O[C@@H]2[C@H](O1)[C@@H](CO)O[C@H]2n1nc(I)c2c(N)ncnc21. The Morgan fingerprint density at radius 1 is 1.35 bits per heavy atom. The summed E-state index contributed by atoms with van der Waals surface area (Å²) in [4.78, 5) is 8.28. The quantitative estimate of drug-likeness (QED) is 0.655. The predicted octanol–water partition coefficient (Wildman–Crippen LogP) is 0.423. The summed E-state index contributed by atoms with van der Waals surface area (Å²) in [5.41, 5.74) is 6.49. The van der Waals surface area contributed by atoms with Crippen molar-refractivity contribution in [1.29, 1.82) is 0 Å². The van der Waals surface area contributed by atoms with E-state index in [9.17, 15) is 5.11 Å². The summed E-state index contributed by atoms with van der Waals surface area (Å²) >= 11 is 2.08. The number of hydrogen-bond donors (Lipinski definition) is 2. The van der Waals surface area contributed by atoms with Crippen molar-refractivity contribution in [3.05, 3.63) is 10.0 Å². The summed E-state index contributed by atoms with van der Waals surface area (Å²) in [6.07, 6.45) is -0.409. The third-order valence-electron chi connectivity index (χ3n) is 4.02. The molecule has 2 aromatic rings. The molecule has 0 amide bonds. The van der Waals surface area contributed by atoms with Crippen molar-refractivity contribution in [2.75, 3.05) is 12.3 Å². The molecule has 4 rings (SSSR count). The van der Waals surface area contributed by atoms with Gasteiger partial charge in [0.15, 0.2) is 17.7 Å². The van der Waals surface area contributed by atoms with Gasteiger partial charge in [-0.3, -0.25) is 0 Å². The number of fused-ring (bicyclic) bond motifs is 2. The first-order valence-corrected chi connectivity index (χ1v) is 8.25. The largest absolute Gasteiger partial charge is 0.394 e. The standard InChI is InChI=1S/C13H16IN5O4/c1-13(2)22-7-5(3-20)21-12(8(7)23-13)19-11-6(9(14)18-19)10(15)16-4-17-11/h4-5,7-8,12,20H,3H2,1-2H3,(H2,15,16,17)/t5-,7-,8-,12-/m1/s1. The minimum Gasteiger partial charge on any atom is -0.394 e. The summed E-state index contributed by atoms with van der Waals surface area (Å²) in [5.74, 6) is -0.377. The van der Waals surface area contributed by atoms with Gasteiger partial charge in [0.25, 0.3) is 0 Å². The smallest absolute Gasteiger partial charge is 0.181 e. The second kappa shape index (κ2) is 5.21. The molecule has 0 aromatic carbocycles. The molecule has 2 fully saturated rings. The van der Waals surface area contributed by atoms with Gasteiger partial charge in [0.2, 0.25) is 0 Å². The van der Waals surface area contributed by atoms with Crippen LogP contribution in [-0.4, -0.2) is 55.6 Å². The van der Waals surface area contributed by atoms with Crippen LogP contribution >= 0.6 is 22.6 Å². The number of aliphatic hydroxyl groups is 1. The Bertz CT molecular complexity index is 766. The van der Waals surface area contributed by atoms with Crippen LogP contribution < -0.4 is 5.73 Å². The number of rotatable bonds is 2. The highest BCUT2D eigenvalue weighted by Gasteiger charge is 2.56. The Morgan fingerprint density at radius 2 is 2.09 bits per heavy atom. The molecule has 2 aliphatic rings.